The van der Waals surface area contributed by atoms with Crippen molar-refractivity contribution in [1.82, 2.24) is 14.9 Å². The van der Waals surface area contributed by atoms with E-state index < -0.39 is 0 Å². The molecular weight excluding hydrogens is 262 g/mol. The number of hydrogen-bond acceptors (Lipinski definition) is 5. The Bertz CT molecular complexity index is 466. The summed E-state index contributed by atoms with van der Waals surface area (Å²) in [4.78, 5) is 11.9. The van der Waals surface area contributed by atoms with E-state index in [0.717, 1.165) is 30.5 Å². The van der Waals surface area contributed by atoms with Gasteiger partial charge < -0.3 is 10.6 Å². The molecule has 1 unspecified atom stereocenters. The molecule has 1 aromatic heterocycles. The van der Waals surface area contributed by atoms with Gasteiger partial charge in [-0.2, -0.15) is 0 Å². The van der Waals surface area contributed by atoms with Gasteiger partial charge in [-0.05, 0) is 52.6 Å². The van der Waals surface area contributed by atoms with Gasteiger partial charge in [0.2, 0.25) is 0 Å². The summed E-state index contributed by atoms with van der Waals surface area (Å²) in [6.45, 7) is 8.72. The summed E-state index contributed by atoms with van der Waals surface area (Å²) in [5.74, 6) is 3.50. The van der Waals surface area contributed by atoms with Gasteiger partial charge in [-0.25, -0.2) is 9.97 Å². The maximum absolute atomic E-state index is 4.70. The van der Waals surface area contributed by atoms with Gasteiger partial charge in [-0.3, -0.25) is 4.90 Å². The molecule has 2 heterocycles. The summed E-state index contributed by atoms with van der Waals surface area (Å²) in [6, 6.07) is 2.60. The number of aromatic nitrogens is 2. The van der Waals surface area contributed by atoms with Crippen molar-refractivity contribution in [2.45, 2.75) is 51.5 Å². The monoisotopic (exact) mass is 289 g/mol. The molecule has 2 N–H and O–H groups in total. The van der Waals surface area contributed by atoms with Crippen LogP contribution in [0.25, 0.3) is 0 Å². The first-order chi connectivity index (χ1) is 10.3. The van der Waals surface area contributed by atoms with Crippen molar-refractivity contribution >= 4 is 11.6 Å². The molecule has 116 valence electrons. The Morgan fingerprint density at radius 1 is 1.19 bits per heavy atom. The number of nitrogens with zero attached hydrogens (tertiary/aromatic N) is 3. The summed E-state index contributed by atoms with van der Waals surface area (Å²) in [5.41, 5.74) is 0. The highest BCUT2D eigenvalue weighted by molar-refractivity contribution is 5.48. The van der Waals surface area contributed by atoms with Crippen molar-refractivity contribution in [2.24, 2.45) is 0 Å². The predicted octanol–water partition coefficient (Wildman–Crippen LogP) is 2.68. The third-order valence-electron chi connectivity index (χ3n) is 4.39. The van der Waals surface area contributed by atoms with Gasteiger partial charge in [0.25, 0.3) is 0 Å². The Morgan fingerprint density at radius 3 is 2.48 bits per heavy atom. The largest absolute Gasteiger partial charge is 0.370 e. The van der Waals surface area contributed by atoms with Crippen LogP contribution >= 0.6 is 0 Å². The molecule has 3 rings (SSSR count). The molecule has 21 heavy (non-hydrogen) atoms. The Morgan fingerprint density at radius 2 is 1.86 bits per heavy atom. The lowest BCUT2D eigenvalue weighted by atomic mass is 10.3. The average Bonchev–Trinajstić information content (AvgIpc) is 3.20. The Balaban J connectivity index is 1.63. The molecule has 1 saturated heterocycles. The fourth-order valence-corrected chi connectivity index (χ4v) is 2.92. The van der Waals surface area contributed by atoms with Crippen LogP contribution in [0.5, 0.6) is 0 Å². The molecule has 5 heteroatoms. The van der Waals surface area contributed by atoms with Gasteiger partial charge in [0.1, 0.15) is 17.5 Å². The zero-order chi connectivity index (χ0) is 14.7. The van der Waals surface area contributed by atoms with Gasteiger partial charge in [0.05, 0.1) is 0 Å². The number of anilines is 2. The van der Waals surface area contributed by atoms with E-state index in [1.165, 1.54) is 38.8 Å². The molecule has 1 atom stereocenters. The molecule has 2 aliphatic rings. The van der Waals surface area contributed by atoms with Gasteiger partial charge in [-0.15, -0.1) is 0 Å². The van der Waals surface area contributed by atoms with Crippen LogP contribution in [-0.4, -0.2) is 47.1 Å². The maximum atomic E-state index is 4.70. The molecule has 0 aromatic carbocycles. The third kappa shape index (κ3) is 3.84. The smallest absolute Gasteiger partial charge is 0.136 e. The van der Waals surface area contributed by atoms with E-state index in [2.05, 4.69) is 34.4 Å². The number of nitrogens with one attached hydrogen (secondary N) is 2. The van der Waals surface area contributed by atoms with Crippen LogP contribution in [0.1, 0.15) is 51.3 Å². The number of likely N-dealkylation sites (tertiary alicyclic amines) is 1. The summed E-state index contributed by atoms with van der Waals surface area (Å²) < 4.78 is 0. The quantitative estimate of drug-likeness (QED) is 0.808. The summed E-state index contributed by atoms with van der Waals surface area (Å²) in [7, 11) is 0. The second kappa shape index (κ2) is 6.60. The minimum Gasteiger partial charge on any atom is -0.370 e. The maximum Gasteiger partial charge on any atom is 0.136 e. The van der Waals surface area contributed by atoms with E-state index in [1.54, 1.807) is 0 Å². The number of rotatable bonds is 7. The second-order valence-corrected chi connectivity index (χ2v) is 6.27. The first kappa shape index (κ1) is 14.6. The van der Waals surface area contributed by atoms with Crippen molar-refractivity contribution in [3.63, 3.8) is 0 Å². The SMILES string of the molecule is CCNc1cc(NCC(C)N2CCCC2)nc(C2CC2)n1. The van der Waals surface area contributed by atoms with Gasteiger partial charge >= 0.3 is 0 Å². The molecule has 0 amide bonds. The minimum atomic E-state index is 0.564. The summed E-state index contributed by atoms with van der Waals surface area (Å²) >= 11 is 0. The topological polar surface area (TPSA) is 53.1 Å². The van der Waals surface area contributed by atoms with Crippen LogP contribution in [0.15, 0.2) is 6.07 Å². The fraction of sp³-hybridized carbons (Fsp3) is 0.750. The average molecular weight is 289 g/mol. The van der Waals surface area contributed by atoms with Crippen molar-refractivity contribution in [3.8, 4) is 0 Å². The highest BCUT2D eigenvalue weighted by Crippen LogP contribution is 2.38. The lowest BCUT2D eigenvalue weighted by Crippen LogP contribution is -2.35. The molecule has 0 bridgehead atoms. The summed E-state index contributed by atoms with van der Waals surface area (Å²) in [6.07, 6.45) is 5.15. The normalized spacial score (nSPS) is 20.5. The lowest BCUT2D eigenvalue weighted by molar-refractivity contribution is 0.269. The van der Waals surface area contributed by atoms with Gasteiger partial charge in [0, 0.05) is 31.1 Å². The Labute approximate surface area is 127 Å². The van der Waals surface area contributed by atoms with Crippen LogP contribution in [0.4, 0.5) is 11.6 Å². The molecule has 0 spiro atoms. The van der Waals surface area contributed by atoms with E-state index in [9.17, 15) is 0 Å². The lowest BCUT2D eigenvalue weighted by Gasteiger charge is -2.24. The fourth-order valence-electron chi connectivity index (χ4n) is 2.92. The van der Waals surface area contributed by atoms with Crippen molar-refractivity contribution in [1.29, 1.82) is 0 Å². The first-order valence-corrected chi connectivity index (χ1v) is 8.37. The van der Waals surface area contributed by atoms with Crippen molar-refractivity contribution in [2.75, 3.05) is 36.8 Å². The van der Waals surface area contributed by atoms with Crippen LogP contribution < -0.4 is 10.6 Å². The Kier molecular flexibility index (Phi) is 4.58. The van der Waals surface area contributed by atoms with Crippen molar-refractivity contribution < 1.29 is 0 Å². The first-order valence-electron chi connectivity index (χ1n) is 8.37. The predicted molar refractivity (Wildman–Crippen MR) is 86.9 cm³/mol. The highest BCUT2D eigenvalue weighted by atomic mass is 15.2. The zero-order valence-corrected chi connectivity index (χ0v) is 13.2. The molecule has 5 nitrogen and oxygen atoms in total. The second-order valence-electron chi connectivity index (χ2n) is 6.27. The molecule has 2 fully saturated rings. The van der Waals surface area contributed by atoms with Crippen LogP contribution in [-0.2, 0) is 0 Å². The van der Waals surface area contributed by atoms with E-state index in [4.69, 9.17) is 4.98 Å². The molecular formula is C16H27N5. The Hall–Kier alpha value is -1.36. The standard InChI is InChI=1S/C16H27N5/c1-3-17-14-10-15(20-16(19-14)13-6-7-13)18-11-12(2)21-8-4-5-9-21/h10,12-13H,3-9,11H2,1-2H3,(H2,17,18,19,20). The zero-order valence-electron chi connectivity index (χ0n) is 13.2. The van der Waals surface area contributed by atoms with E-state index >= 15 is 0 Å². The molecule has 1 saturated carbocycles. The molecule has 0 radical (unpaired) electrons. The molecule has 1 aromatic rings. The van der Waals surface area contributed by atoms with Gasteiger partial charge in [0.15, 0.2) is 0 Å². The van der Waals surface area contributed by atoms with Crippen LogP contribution in [0.3, 0.4) is 0 Å². The van der Waals surface area contributed by atoms with E-state index in [-0.39, 0.29) is 0 Å². The van der Waals surface area contributed by atoms with Crippen LogP contribution in [0, 0.1) is 0 Å². The highest BCUT2D eigenvalue weighted by Gasteiger charge is 2.27. The van der Waals surface area contributed by atoms with E-state index in [1.807, 2.05) is 6.07 Å². The van der Waals surface area contributed by atoms with E-state index in [0.29, 0.717) is 12.0 Å². The van der Waals surface area contributed by atoms with Gasteiger partial charge in [-0.1, -0.05) is 0 Å². The minimum absolute atomic E-state index is 0.564. The molecule has 1 aliphatic heterocycles. The van der Waals surface area contributed by atoms with Crippen LogP contribution in [0.2, 0.25) is 0 Å². The summed E-state index contributed by atoms with van der Waals surface area (Å²) in [5, 5.41) is 6.82. The molecule has 1 aliphatic carbocycles. The number of hydrogen-bond donors (Lipinski definition) is 2. The third-order valence-corrected chi connectivity index (χ3v) is 4.39. The van der Waals surface area contributed by atoms with Crippen molar-refractivity contribution in [3.05, 3.63) is 11.9 Å².